The third kappa shape index (κ3) is 2.99. The minimum absolute atomic E-state index is 0.494. The first-order chi connectivity index (χ1) is 8.59. The summed E-state index contributed by atoms with van der Waals surface area (Å²) >= 11 is 8.23. The molecular formula is C13H16ClNO2S. The predicted octanol–water partition coefficient (Wildman–Crippen LogP) is 3.04. The molecule has 1 aromatic rings. The molecule has 0 spiro atoms. The maximum absolute atomic E-state index is 10.8. The SMILES string of the molecule is NC(C(=O)O)c1ccc(C2CCSCC2)c(Cl)c1. The summed E-state index contributed by atoms with van der Waals surface area (Å²) in [4.78, 5) is 10.8. The molecule has 0 radical (unpaired) electrons. The Labute approximate surface area is 116 Å². The Morgan fingerprint density at radius 3 is 2.67 bits per heavy atom. The second kappa shape index (κ2) is 5.95. The maximum atomic E-state index is 10.8. The first-order valence-corrected chi connectivity index (χ1v) is 7.48. The van der Waals surface area contributed by atoms with E-state index >= 15 is 0 Å². The van der Waals surface area contributed by atoms with Crippen LogP contribution in [-0.4, -0.2) is 22.6 Å². The molecule has 3 N–H and O–H groups in total. The number of carbonyl (C=O) groups is 1. The van der Waals surface area contributed by atoms with Crippen molar-refractivity contribution in [3.8, 4) is 0 Å². The molecule has 0 aromatic heterocycles. The van der Waals surface area contributed by atoms with E-state index < -0.39 is 12.0 Å². The molecule has 0 bridgehead atoms. The Bertz CT molecular complexity index is 447. The molecule has 1 fully saturated rings. The van der Waals surface area contributed by atoms with Crippen molar-refractivity contribution in [3.63, 3.8) is 0 Å². The number of hydrogen-bond acceptors (Lipinski definition) is 3. The van der Waals surface area contributed by atoms with E-state index in [1.807, 2.05) is 17.8 Å². The van der Waals surface area contributed by atoms with Gasteiger partial charge in [0, 0.05) is 5.02 Å². The zero-order valence-electron chi connectivity index (χ0n) is 9.93. The van der Waals surface area contributed by atoms with Crippen molar-refractivity contribution < 1.29 is 9.90 Å². The molecule has 98 valence electrons. The van der Waals surface area contributed by atoms with Gasteiger partial charge >= 0.3 is 5.97 Å². The van der Waals surface area contributed by atoms with E-state index in [-0.39, 0.29) is 0 Å². The third-order valence-corrected chi connectivity index (χ3v) is 4.69. The van der Waals surface area contributed by atoms with Gasteiger partial charge in [-0.25, -0.2) is 0 Å². The van der Waals surface area contributed by atoms with E-state index in [2.05, 4.69) is 0 Å². The van der Waals surface area contributed by atoms with Crippen molar-refractivity contribution in [3.05, 3.63) is 34.3 Å². The van der Waals surface area contributed by atoms with Crippen LogP contribution in [0.1, 0.15) is 35.9 Å². The van der Waals surface area contributed by atoms with Crippen LogP contribution in [0.5, 0.6) is 0 Å². The standard InChI is InChI=1S/C13H16ClNO2S/c14-11-7-9(12(15)13(16)17)1-2-10(11)8-3-5-18-6-4-8/h1-2,7-8,12H,3-6,15H2,(H,16,17). The molecule has 3 nitrogen and oxygen atoms in total. The van der Waals surface area contributed by atoms with Crippen molar-refractivity contribution >= 4 is 29.3 Å². The number of halogens is 1. The molecular weight excluding hydrogens is 270 g/mol. The lowest BCUT2D eigenvalue weighted by Gasteiger charge is -2.23. The molecule has 1 heterocycles. The van der Waals surface area contributed by atoms with E-state index in [0.717, 1.165) is 29.9 Å². The minimum atomic E-state index is -1.03. The Hall–Kier alpha value is -0.710. The highest BCUT2D eigenvalue weighted by Gasteiger charge is 2.20. The molecule has 1 aromatic carbocycles. The number of carboxylic acids is 1. The molecule has 0 amide bonds. The Morgan fingerprint density at radius 1 is 1.44 bits per heavy atom. The van der Waals surface area contributed by atoms with Gasteiger partial charge in [-0.05, 0) is 47.5 Å². The van der Waals surface area contributed by atoms with Crippen LogP contribution in [0.4, 0.5) is 0 Å². The van der Waals surface area contributed by atoms with Gasteiger partial charge in [0.1, 0.15) is 6.04 Å². The highest BCUT2D eigenvalue weighted by Crippen LogP contribution is 2.36. The van der Waals surface area contributed by atoms with Crippen molar-refractivity contribution in [2.24, 2.45) is 5.73 Å². The zero-order chi connectivity index (χ0) is 13.1. The van der Waals surface area contributed by atoms with E-state index in [1.165, 1.54) is 0 Å². The first-order valence-electron chi connectivity index (χ1n) is 5.95. The smallest absolute Gasteiger partial charge is 0.325 e. The number of carboxylic acid groups (broad SMARTS) is 1. The van der Waals surface area contributed by atoms with Crippen LogP contribution in [0.25, 0.3) is 0 Å². The zero-order valence-corrected chi connectivity index (χ0v) is 11.5. The summed E-state index contributed by atoms with van der Waals surface area (Å²) in [5.74, 6) is 1.79. The average molecular weight is 286 g/mol. The topological polar surface area (TPSA) is 63.3 Å². The van der Waals surface area contributed by atoms with Gasteiger partial charge in [-0.2, -0.15) is 11.8 Å². The van der Waals surface area contributed by atoms with Gasteiger partial charge in [-0.3, -0.25) is 4.79 Å². The van der Waals surface area contributed by atoms with Gasteiger partial charge in [-0.15, -0.1) is 0 Å². The van der Waals surface area contributed by atoms with Crippen LogP contribution in [0.3, 0.4) is 0 Å². The second-order valence-electron chi connectivity index (χ2n) is 4.48. The summed E-state index contributed by atoms with van der Waals surface area (Å²) < 4.78 is 0. The molecule has 5 heteroatoms. The normalized spacial score (nSPS) is 18.6. The molecule has 2 rings (SSSR count). The van der Waals surface area contributed by atoms with Crippen LogP contribution < -0.4 is 5.73 Å². The lowest BCUT2D eigenvalue weighted by atomic mass is 9.92. The van der Waals surface area contributed by atoms with Gasteiger partial charge in [0.2, 0.25) is 0 Å². The second-order valence-corrected chi connectivity index (χ2v) is 6.12. The van der Waals surface area contributed by atoms with E-state index in [4.69, 9.17) is 22.4 Å². The summed E-state index contributed by atoms with van der Waals surface area (Å²) in [7, 11) is 0. The Morgan fingerprint density at radius 2 is 2.11 bits per heavy atom. The van der Waals surface area contributed by atoms with E-state index in [0.29, 0.717) is 16.5 Å². The fourth-order valence-electron chi connectivity index (χ4n) is 2.22. The number of rotatable bonds is 3. The maximum Gasteiger partial charge on any atom is 0.325 e. The number of aliphatic carboxylic acids is 1. The molecule has 1 aliphatic rings. The third-order valence-electron chi connectivity index (χ3n) is 3.31. The largest absolute Gasteiger partial charge is 0.480 e. The van der Waals surface area contributed by atoms with E-state index in [9.17, 15) is 4.79 Å². The fourth-order valence-corrected chi connectivity index (χ4v) is 3.67. The average Bonchev–Trinajstić information content (AvgIpc) is 2.38. The van der Waals surface area contributed by atoms with Crippen LogP contribution in [0.15, 0.2) is 18.2 Å². The summed E-state index contributed by atoms with van der Waals surface area (Å²) in [5.41, 5.74) is 7.25. The quantitative estimate of drug-likeness (QED) is 0.896. The van der Waals surface area contributed by atoms with Crippen LogP contribution in [0, 0.1) is 0 Å². The molecule has 1 aliphatic heterocycles. The van der Waals surface area contributed by atoms with Crippen molar-refractivity contribution in [2.45, 2.75) is 24.8 Å². The number of benzene rings is 1. The Kier molecular flexibility index (Phi) is 4.54. The molecule has 1 unspecified atom stereocenters. The highest BCUT2D eigenvalue weighted by molar-refractivity contribution is 7.99. The fraction of sp³-hybridized carbons (Fsp3) is 0.462. The van der Waals surface area contributed by atoms with E-state index in [1.54, 1.807) is 12.1 Å². The van der Waals surface area contributed by atoms with Gasteiger partial charge in [-0.1, -0.05) is 23.7 Å². The summed E-state index contributed by atoms with van der Waals surface area (Å²) in [6, 6.07) is 4.40. The van der Waals surface area contributed by atoms with Gasteiger partial charge in [0.15, 0.2) is 0 Å². The molecule has 1 atom stereocenters. The Balaban J connectivity index is 2.21. The number of nitrogens with two attached hydrogens (primary N) is 1. The number of hydrogen-bond donors (Lipinski definition) is 2. The summed E-state index contributed by atoms with van der Waals surface area (Å²) in [5, 5.41) is 9.51. The minimum Gasteiger partial charge on any atom is -0.480 e. The predicted molar refractivity (Wildman–Crippen MR) is 75.3 cm³/mol. The highest BCUT2D eigenvalue weighted by atomic mass is 35.5. The molecule has 0 aliphatic carbocycles. The lowest BCUT2D eigenvalue weighted by Crippen LogP contribution is -2.20. The van der Waals surface area contributed by atoms with Crippen molar-refractivity contribution in [2.75, 3.05) is 11.5 Å². The van der Waals surface area contributed by atoms with Crippen molar-refractivity contribution in [1.82, 2.24) is 0 Å². The molecule has 0 saturated carbocycles. The van der Waals surface area contributed by atoms with Crippen LogP contribution in [-0.2, 0) is 4.79 Å². The lowest BCUT2D eigenvalue weighted by molar-refractivity contribution is -0.138. The number of thioether (sulfide) groups is 1. The summed E-state index contributed by atoms with van der Waals surface area (Å²) in [6.45, 7) is 0. The molecule has 18 heavy (non-hydrogen) atoms. The summed E-state index contributed by atoms with van der Waals surface area (Å²) in [6.07, 6.45) is 2.27. The van der Waals surface area contributed by atoms with Crippen LogP contribution >= 0.6 is 23.4 Å². The first kappa shape index (κ1) is 13.7. The van der Waals surface area contributed by atoms with Gasteiger partial charge in [0.05, 0.1) is 0 Å². The van der Waals surface area contributed by atoms with Gasteiger partial charge < -0.3 is 10.8 Å². The monoisotopic (exact) mass is 285 g/mol. The van der Waals surface area contributed by atoms with Gasteiger partial charge in [0.25, 0.3) is 0 Å². The van der Waals surface area contributed by atoms with Crippen LogP contribution in [0.2, 0.25) is 5.02 Å². The molecule has 1 saturated heterocycles. The van der Waals surface area contributed by atoms with Crippen molar-refractivity contribution in [1.29, 1.82) is 0 Å².